The van der Waals surface area contributed by atoms with Crippen molar-refractivity contribution in [2.45, 2.75) is 20.8 Å². The molecular weight excluding hydrogens is 346 g/mol. The lowest BCUT2D eigenvalue weighted by Crippen LogP contribution is -2.13. The number of aryl methyl sites for hydroxylation is 1. The average Bonchev–Trinajstić information content (AvgIpc) is 3.09. The maximum atomic E-state index is 12.4. The molecule has 0 aliphatic heterocycles. The van der Waals surface area contributed by atoms with E-state index in [9.17, 15) is 4.79 Å². The van der Waals surface area contributed by atoms with Crippen molar-refractivity contribution in [3.05, 3.63) is 64.7 Å². The first kappa shape index (κ1) is 17.9. The Morgan fingerprint density at radius 2 is 1.92 bits per heavy atom. The zero-order valence-corrected chi connectivity index (χ0v) is 15.8. The Morgan fingerprint density at radius 3 is 2.65 bits per heavy atom. The standard InChI is InChI=1S/C20H21N3O2S/c1-4-25-16-10-8-15(9-11-16)21-20-23-18(12-26-20)19(24)22-17-7-5-6-13(2)14(17)3/h5-12H,4H2,1-3H3,(H,21,23)(H,22,24). The predicted molar refractivity (Wildman–Crippen MR) is 107 cm³/mol. The number of carbonyl (C=O) groups excluding carboxylic acids is 1. The lowest BCUT2D eigenvalue weighted by atomic mass is 10.1. The second-order valence-corrected chi connectivity index (χ2v) is 6.68. The molecule has 6 heteroatoms. The van der Waals surface area contributed by atoms with Gasteiger partial charge in [-0.2, -0.15) is 0 Å². The minimum atomic E-state index is -0.213. The van der Waals surface area contributed by atoms with E-state index in [4.69, 9.17) is 4.74 Å². The van der Waals surface area contributed by atoms with Gasteiger partial charge in [0.15, 0.2) is 5.13 Å². The molecule has 0 fully saturated rings. The molecule has 0 bridgehead atoms. The lowest BCUT2D eigenvalue weighted by Gasteiger charge is -2.09. The van der Waals surface area contributed by atoms with Crippen LogP contribution in [0, 0.1) is 13.8 Å². The molecule has 0 aliphatic carbocycles. The number of benzene rings is 2. The summed E-state index contributed by atoms with van der Waals surface area (Å²) in [5.74, 6) is 0.612. The van der Waals surface area contributed by atoms with E-state index in [0.717, 1.165) is 28.3 Å². The van der Waals surface area contributed by atoms with E-state index in [2.05, 4.69) is 15.6 Å². The number of hydrogen-bond acceptors (Lipinski definition) is 5. The van der Waals surface area contributed by atoms with E-state index >= 15 is 0 Å². The van der Waals surface area contributed by atoms with Crippen LogP contribution in [-0.2, 0) is 0 Å². The molecule has 2 N–H and O–H groups in total. The number of aromatic nitrogens is 1. The van der Waals surface area contributed by atoms with E-state index in [1.165, 1.54) is 11.3 Å². The molecule has 0 unspecified atom stereocenters. The van der Waals surface area contributed by atoms with Crippen LogP contribution in [-0.4, -0.2) is 17.5 Å². The fraction of sp³-hybridized carbons (Fsp3) is 0.200. The summed E-state index contributed by atoms with van der Waals surface area (Å²) < 4.78 is 5.43. The monoisotopic (exact) mass is 367 g/mol. The molecule has 26 heavy (non-hydrogen) atoms. The smallest absolute Gasteiger partial charge is 0.275 e. The Morgan fingerprint density at radius 1 is 1.15 bits per heavy atom. The highest BCUT2D eigenvalue weighted by molar-refractivity contribution is 7.14. The summed E-state index contributed by atoms with van der Waals surface area (Å²) in [4.78, 5) is 16.8. The van der Waals surface area contributed by atoms with E-state index in [1.807, 2.05) is 63.2 Å². The first-order chi connectivity index (χ1) is 12.6. The average molecular weight is 367 g/mol. The van der Waals surface area contributed by atoms with Crippen LogP contribution in [0.25, 0.3) is 0 Å². The molecule has 5 nitrogen and oxygen atoms in total. The molecule has 2 aromatic carbocycles. The number of anilines is 3. The summed E-state index contributed by atoms with van der Waals surface area (Å²) in [6.07, 6.45) is 0. The third kappa shape index (κ3) is 4.21. The molecule has 0 atom stereocenters. The predicted octanol–water partition coefficient (Wildman–Crippen LogP) is 5.15. The van der Waals surface area contributed by atoms with Gasteiger partial charge >= 0.3 is 0 Å². The number of ether oxygens (including phenoxy) is 1. The van der Waals surface area contributed by atoms with Gasteiger partial charge in [0.05, 0.1) is 6.61 Å². The minimum absolute atomic E-state index is 0.213. The van der Waals surface area contributed by atoms with Crippen LogP contribution in [0.15, 0.2) is 47.8 Å². The van der Waals surface area contributed by atoms with E-state index in [-0.39, 0.29) is 5.91 Å². The van der Waals surface area contributed by atoms with Crippen LogP contribution in [0.5, 0.6) is 5.75 Å². The van der Waals surface area contributed by atoms with E-state index in [1.54, 1.807) is 5.38 Å². The molecule has 1 aromatic heterocycles. The lowest BCUT2D eigenvalue weighted by molar-refractivity contribution is 0.102. The molecule has 0 aliphatic rings. The van der Waals surface area contributed by atoms with Crippen LogP contribution in [0.2, 0.25) is 0 Å². The van der Waals surface area contributed by atoms with Gasteiger partial charge in [0, 0.05) is 16.8 Å². The highest BCUT2D eigenvalue weighted by atomic mass is 32.1. The summed E-state index contributed by atoms with van der Waals surface area (Å²) in [7, 11) is 0. The van der Waals surface area contributed by atoms with Crippen LogP contribution >= 0.6 is 11.3 Å². The van der Waals surface area contributed by atoms with Gasteiger partial charge in [-0.15, -0.1) is 11.3 Å². The zero-order valence-electron chi connectivity index (χ0n) is 15.0. The van der Waals surface area contributed by atoms with Gasteiger partial charge in [-0.25, -0.2) is 4.98 Å². The van der Waals surface area contributed by atoms with Crippen LogP contribution in [0.1, 0.15) is 28.5 Å². The van der Waals surface area contributed by atoms with Gasteiger partial charge in [-0.3, -0.25) is 4.79 Å². The zero-order chi connectivity index (χ0) is 18.5. The molecule has 1 amide bonds. The third-order valence-electron chi connectivity index (χ3n) is 4.01. The Labute approximate surface area is 157 Å². The second kappa shape index (κ2) is 8.01. The largest absolute Gasteiger partial charge is 0.494 e. The number of rotatable bonds is 6. The van der Waals surface area contributed by atoms with Crippen molar-refractivity contribution in [1.29, 1.82) is 0 Å². The van der Waals surface area contributed by atoms with Crippen molar-refractivity contribution in [1.82, 2.24) is 4.98 Å². The summed E-state index contributed by atoms with van der Waals surface area (Å²) >= 11 is 1.39. The highest BCUT2D eigenvalue weighted by Gasteiger charge is 2.13. The number of thiazole rings is 1. The molecule has 0 saturated heterocycles. The molecule has 3 rings (SSSR count). The van der Waals surface area contributed by atoms with Crippen molar-refractivity contribution in [3.8, 4) is 5.75 Å². The van der Waals surface area contributed by atoms with Crippen LogP contribution in [0.4, 0.5) is 16.5 Å². The summed E-state index contributed by atoms with van der Waals surface area (Å²) in [5, 5.41) is 8.55. The first-order valence-electron chi connectivity index (χ1n) is 8.40. The molecule has 134 valence electrons. The molecule has 0 saturated carbocycles. The highest BCUT2D eigenvalue weighted by Crippen LogP contribution is 2.24. The van der Waals surface area contributed by atoms with Crippen molar-refractivity contribution in [3.63, 3.8) is 0 Å². The number of nitrogens with one attached hydrogen (secondary N) is 2. The van der Waals surface area contributed by atoms with Gasteiger partial charge in [0.25, 0.3) is 5.91 Å². The fourth-order valence-electron chi connectivity index (χ4n) is 2.43. The Kier molecular flexibility index (Phi) is 5.53. The van der Waals surface area contributed by atoms with Crippen molar-refractivity contribution >= 4 is 33.8 Å². The number of amides is 1. The molecular formula is C20H21N3O2S. The number of nitrogens with zero attached hydrogens (tertiary/aromatic N) is 1. The van der Waals surface area contributed by atoms with Crippen molar-refractivity contribution in [2.75, 3.05) is 17.2 Å². The summed E-state index contributed by atoms with van der Waals surface area (Å²) in [6, 6.07) is 13.5. The maximum Gasteiger partial charge on any atom is 0.275 e. The summed E-state index contributed by atoms with van der Waals surface area (Å²) in [6.45, 7) is 6.60. The van der Waals surface area contributed by atoms with Gasteiger partial charge in [-0.05, 0) is 62.2 Å². The molecule has 1 heterocycles. The van der Waals surface area contributed by atoms with Crippen molar-refractivity contribution < 1.29 is 9.53 Å². The minimum Gasteiger partial charge on any atom is -0.494 e. The SMILES string of the molecule is CCOc1ccc(Nc2nc(C(=O)Nc3cccc(C)c3C)cs2)cc1. The molecule has 3 aromatic rings. The number of carbonyl (C=O) groups is 1. The van der Waals surface area contributed by atoms with Crippen LogP contribution < -0.4 is 15.4 Å². The Hall–Kier alpha value is -2.86. The Balaban J connectivity index is 1.67. The molecule has 0 spiro atoms. The maximum absolute atomic E-state index is 12.4. The second-order valence-electron chi connectivity index (χ2n) is 5.82. The number of hydrogen-bond donors (Lipinski definition) is 2. The fourth-order valence-corrected chi connectivity index (χ4v) is 3.14. The van der Waals surface area contributed by atoms with Gasteiger partial charge < -0.3 is 15.4 Å². The van der Waals surface area contributed by atoms with Crippen LogP contribution in [0.3, 0.4) is 0 Å². The van der Waals surface area contributed by atoms with Gasteiger partial charge in [0.1, 0.15) is 11.4 Å². The third-order valence-corrected chi connectivity index (χ3v) is 4.76. The summed E-state index contributed by atoms with van der Waals surface area (Å²) in [5.41, 5.74) is 4.29. The van der Waals surface area contributed by atoms with Gasteiger partial charge in [-0.1, -0.05) is 12.1 Å². The quantitative estimate of drug-likeness (QED) is 0.632. The topological polar surface area (TPSA) is 63.2 Å². The van der Waals surface area contributed by atoms with Gasteiger partial charge in [0.2, 0.25) is 0 Å². The van der Waals surface area contributed by atoms with E-state index < -0.39 is 0 Å². The van der Waals surface area contributed by atoms with E-state index in [0.29, 0.717) is 17.4 Å². The first-order valence-corrected chi connectivity index (χ1v) is 9.27. The molecule has 0 radical (unpaired) electrons. The normalized spacial score (nSPS) is 10.4. The van der Waals surface area contributed by atoms with Crippen molar-refractivity contribution in [2.24, 2.45) is 0 Å². The Bertz CT molecular complexity index is 904.